The zero-order valence-corrected chi connectivity index (χ0v) is 12.7. The van der Waals surface area contributed by atoms with E-state index in [1.54, 1.807) is 0 Å². The lowest BCUT2D eigenvalue weighted by Crippen LogP contribution is -2.26. The van der Waals surface area contributed by atoms with E-state index in [-0.39, 0.29) is 0 Å². The van der Waals surface area contributed by atoms with E-state index in [1.807, 2.05) is 16.9 Å². The van der Waals surface area contributed by atoms with Gasteiger partial charge in [0.05, 0.1) is 5.69 Å². The summed E-state index contributed by atoms with van der Waals surface area (Å²) in [5.74, 6) is 1.45. The van der Waals surface area contributed by atoms with Crippen LogP contribution in [0.5, 0.6) is 0 Å². The summed E-state index contributed by atoms with van der Waals surface area (Å²) in [4.78, 5) is 6.77. The van der Waals surface area contributed by atoms with Gasteiger partial charge in [-0.2, -0.15) is 5.10 Å². The number of nitrogens with zero attached hydrogens (tertiary/aromatic N) is 4. The first-order chi connectivity index (χ1) is 8.67. The molecular weight excluding hydrogens is 292 g/mol. The number of fused-ring (bicyclic) bond motifs is 1. The van der Waals surface area contributed by atoms with E-state index in [0.717, 1.165) is 35.4 Å². The van der Waals surface area contributed by atoms with Gasteiger partial charge in [0.1, 0.15) is 5.52 Å². The van der Waals surface area contributed by atoms with E-state index < -0.39 is 0 Å². The minimum atomic E-state index is 0.434. The van der Waals surface area contributed by atoms with Crippen molar-refractivity contribution in [1.82, 2.24) is 14.6 Å². The lowest BCUT2D eigenvalue weighted by Gasteiger charge is -2.21. The molecule has 2 aromatic rings. The first kappa shape index (κ1) is 13.3. The molecule has 0 aliphatic heterocycles. The van der Waals surface area contributed by atoms with Gasteiger partial charge >= 0.3 is 0 Å². The van der Waals surface area contributed by atoms with Gasteiger partial charge in [0, 0.05) is 30.8 Å². The van der Waals surface area contributed by atoms with Gasteiger partial charge in [-0.1, -0.05) is 29.8 Å². The number of aromatic nitrogens is 3. The van der Waals surface area contributed by atoms with Crippen molar-refractivity contribution in [2.24, 2.45) is 0 Å². The topological polar surface area (TPSA) is 33.4 Å². The molecule has 0 aliphatic rings. The van der Waals surface area contributed by atoms with Crippen LogP contribution in [0.3, 0.4) is 0 Å². The molecule has 5 heteroatoms. The Morgan fingerprint density at radius 2 is 2.22 bits per heavy atom. The molecule has 0 saturated heterocycles. The van der Waals surface area contributed by atoms with Crippen LogP contribution in [0.1, 0.15) is 32.4 Å². The molecule has 4 nitrogen and oxygen atoms in total. The van der Waals surface area contributed by atoms with Crippen LogP contribution in [0, 0.1) is 0 Å². The monoisotopic (exact) mass is 310 g/mol. The summed E-state index contributed by atoms with van der Waals surface area (Å²) < 4.78 is 1.93. The third-order valence-corrected chi connectivity index (χ3v) is 3.37. The highest BCUT2D eigenvalue weighted by Gasteiger charge is 2.13. The number of hydrogen-bond acceptors (Lipinski definition) is 3. The summed E-state index contributed by atoms with van der Waals surface area (Å²) in [5.41, 5.74) is 2.20. The molecule has 0 aliphatic carbocycles. The smallest absolute Gasteiger partial charge is 0.154 e. The van der Waals surface area contributed by atoms with E-state index in [0.29, 0.717) is 5.92 Å². The summed E-state index contributed by atoms with van der Waals surface area (Å²) in [6.07, 6.45) is 3.73. The average molecular weight is 311 g/mol. The zero-order valence-electron chi connectivity index (χ0n) is 11.1. The van der Waals surface area contributed by atoms with Gasteiger partial charge < -0.3 is 4.90 Å². The average Bonchev–Trinajstić information content (AvgIpc) is 2.80. The van der Waals surface area contributed by atoms with Crippen LogP contribution in [0.2, 0.25) is 0 Å². The second kappa shape index (κ2) is 5.69. The van der Waals surface area contributed by atoms with Crippen LogP contribution in [0.4, 0.5) is 5.82 Å². The number of anilines is 1. The summed E-state index contributed by atoms with van der Waals surface area (Å²) in [6, 6.07) is 2.14. The molecule has 0 N–H and O–H groups in total. The fourth-order valence-electron chi connectivity index (χ4n) is 1.97. The molecule has 2 rings (SSSR count). The Bertz CT molecular complexity index is 521. The van der Waals surface area contributed by atoms with Crippen molar-refractivity contribution in [1.29, 1.82) is 0 Å². The van der Waals surface area contributed by atoms with Crippen LogP contribution in [-0.4, -0.2) is 33.0 Å². The Balaban J connectivity index is 2.49. The van der Waals surface area contributed by atoms with Crippen molar-refractivity contribution in [3.63, 3.8) is 0 Å². The molecule has 18 heavy (non-hydrogen) atoms. The SMILES string of the molecule is CCN(CCBr)c1nccn2nc(C(C)C)cc12. The Labute approximate surface area is 116 Å². The second-order valence-electron chi connectivity index (χ2n) is 4.57. The molecule has 2 heterocycles. The lowest BCUT2D eigenvalue weighted by molar-refractivity contribution is 0.783. The highest BCUT2D eigenvalue weighted by atomic mass is 79.9. The predicted molar refractivity (Wildman–Crippen MR) is 78.8 cm³/mol. The molecule has 0 atom stereocenters. The number of hydrogen-bond donors (Lipinski definition) is 0. The van der Waals surface area contributed by atoms with Gasteiger partial charge in [0.15, 0.2) is 5.82 Å². The number of halogens is 1. The molecule has 0 aromatic carbocycles. The van der Waals surface area contributed by atoms with Crippen molar-refractivity contribution < 1.29 is 0 Å². The normalized spacial score (nSPS) is 11.4. The molecule has 0 radical (unpaired) electrons. The molecule has 2 aromatic heterocycles. The van der Waals surface area contributed by atoms with E-state index in [9.17, 15) is 0 Å². The third kappa shape index (κ3) is 2.51. The largest absolute Gasteiger partial charge is 0.354 e. The van der Waals surface area contributed by atoms with E-state index in [4.69, 9.17) is 0 Å². The standard InChI is InChI=1S/C13H19BrN4/c1-4-17(7-5-14)13-12-9-11(10(2)3)16-18(12)8-6-15-13/h6,8-10H,4-5,7H2,1-3H3. The maximum Gasteiger partial charge on any atom is 0.154 e. The van der Waals surface area contributed by atoms with E-state index >= 15 is 0 Å². The lowest BCUT2D eigenvalue weighted by atomic mass is 10.1. The summed E-state index contributed by atoms with van der Waals surface area (Å²) >= 11 is 3.49. The molecular formula is C13H19BrN4. The van der Waals surface area contributed by atoms with Crippen molar-refractivity contribution in [2.45, 2.75) is 26.7 Å². The van der Waals surface area contributed by atoms with Crippen molar-refractivity contribution in [2.75, 3.05) is 23.3 Å². The third-order valence-electron chi connectivity index (χ3n) is 3.02. The minimum absolute atomic E-state index is 0.434. The van der Waals surface area contributed by atoms with E-state index in [2.05, 4.69) is 57.8 Å². The van der Waals surface area contributed by atoms with Crippen molar-refractivity contribution >= 4 is 27.3 Å². The first-order valence-electron chi connectivity index (χ1n) is 6.32. The van der Waals surface area contributed by atoms with Crippen LogP contribution < -0.4 is 4.90 Å². The Kier molecular flexibility index (Phi) is 4.22. The predicted octanol–water partition coefficient (Wildman–Crippen LogP) is 3.07. The number of alkyl halides is 1. The zero-order chi connectivity index (χ0) is 13.1. The molecule has 0 bridgehead atoms. The van der Waals surface area contributed by atoms with Gasteiger partial charge in [-0.05, 0) is 18.9 Å². The van der Waals surface area contributed by atoms with E-state index in [1.165, 1.54) is 0 Å². The Morgan fingerprint density at radius 1 is 1.44 bits per heavy atom. The van der Waals surface area contributed by atoms with Gasteiger partial charge in [0.25, 0.3) is 0 Å². The quantitative estimate of drug-likeness (QED) is 0.796. The van der Waals surface area contributed by atoms with Crippen molar-refractivity contribution in [3.05, 3.63) is 24.2 Å². The fourth-order valence-corrected chi connectivity index (χ4v) is 2.40. The molecule has 0 fully saturated rings. The molecule has 0 unspecified atom stereocenters. The van der Waals surface area contributed by atoms with Gasteiger partial charge in [-0.15, -0.1) is 0 Å². The second-order valence-corrected chi connectivity index (χ2v) is 5.37. The van der Waals surface area contributed by atoms with Gasteiger partial charge in [-0.25, -0.2) is 9.50 Å². The molecule has 0 spiro atoms. The van der Waals surface area contributed by atoms with Crippen LogP contribution in [-0.2, 0) is 0 Å². The summed E-state index contributed by atoms with van der Waals surface area (Å²) in [7, 11) is 0. The Morgan fingerprint density at radius 3 is 2.83 bits per heavy atom. The maximum absolute atomic E-state index is 4.59. The molecule has 0 saturated carbocycles. The van der Waals surface area contributed by atoms with Crippen LogP contribution in [0.25, 0.3) is 5.52 Å². The summed E-state index contributed by atoms with van der Waals surface area (Å²) in [5, 5.41) is 5.53. The van der Waals surface area contributed by atoms with Crippen molar-refractivity contribution in [3.8, 4) is 0 Å². The van der Waals surface area contributed by atoms with Gasteiger partial charge in [-0.3, -0.25) is 0 Å². The number of rotatable bonds is 5. The highest BCUT2D eigenvalue weighted by molar-refractivity contribution is 9.09. The molecule has 0 amide bonds. The van der Waals surface area contributed by atoms with Crippen LogP contribution >= 0.6 is 15.9 Å². The molecule has 98 valence electrons. The maximum atomic E-state index is 4.59. The summed E-state index contributed by atoms with van der Waals surface area (Å²) in [6.45, 7) is 8.36. The van der Waals surface area contributed by atoms with Gasteiger partial charge in [0.2, 0.25) is 0 Å². The Hall–Kier alpha value is -1.10. The fraction of sp³-hybridized carbons (Fsp3) is 0.538. The van der Waals surface area contributed by atoms with Crippen LogP contribution in [0.15, 0.2) is 18.5 Å². The first-order valence-corrected chi connectivity index (χ1v) is 7.44. The minimum Gasteiger partial charge on any atom is -0.354 e. The highest BCUT2D eigenvalue weighted by Crippen LogP contribution is 2.22.